The average molecular weight is 327 g/mol. The van der Waals surface area contributed by atoms with Gasteiger partial charge in [-0.2, -0.15) is 0 Å². The molecule has 1 aromatic carbocycles. The second-order valence-corrected chi connectivity index (χ2v) is 5.94. The number of hydrogen-bond acceptors (Lipinski definition) is 3. The molecule has 1 saturated heterocycles. The monoisotopic (exact) mass is 326 g/mol. The lowest BCUT2D eigenvalue weighted by atomic mass is 10.1. The number of rotatable bonds is 3. The zero-order valence-corrected chi connectivity index (χ0v) is 12.9. The van der Waals surface area contributed by atoms with E-state index in [2.05, 4.69) is 39.6 Å². The molecule has 1 aliphatic heterocycles. The number of carboxylic acids is 1. The Balaban J connectivity index is 2.09. The van der Waals surface area contributed by atoms with Gasteiger partial charge in [0.2, 0.25) is 0 Å². The molecule has 0 aliphatic carbocycles. The van der Waals surface area contributed by atoms with E-state index in [0.717, 1.165) is 36.3 Å². The fraction of sp³-hybridized carbons (Fsp3) is 0.500. The minimum Gasteiger partial charge on any atom is -0.478 e. The molecule has 19 heavy (non-hydrogen) atoms. The molecular weight excluding hydrogens is 308 g/mol. The van der Waals surface area contributed by atoms with Crippen LogP contribution < -0.4 is 4.90 Å². The van der Waals surface area contributed by atoms with Crippen LogP contribution >= 0.6 is 15.9 Å². The number of benzene rings is 1. The van der Waals surface area contributed by atoms with E-state index in [1.807, 2.05) is 6.07 Å². The maximum absolute atomic E-state index is 10.9. The third-order valence-corrected chi connectivity index (χ3v) is 4.22. The lowest BCUT2D eigenvalue weighted by molar-refractivity contribution is 0.0697. The van der Waals surface area contributed by atoms with Gasteiger partial charge >= 0.3 is 5.97 Å². The number of anilines is 1. The second-order valence-electron chi connectivity index (χ2n) is 5.09. The molecule has 1 N–H and O–H groups in total. The number of piperazine rings is 1. The van der Waals surface area contributed by atoms with E-state index in [1.165, 1.54) is 0 Å². The maximum Gasteiger partial charge on any atom is 0.335 e. The van der Waals surface area contributed by atoms with Gasteiger partial charge in [-0.05, 0) is 48.0 Å². The summed E-state index contributed by atoms with van der Waals surface area (Å²) in [6.45, 7) is 8.47. The Hall–Kier alpha value is -1.07. The minimum atomic E-state index is -0.892. The van der Waals surface area contributed by atoms with Crippen molar-refractivity contribution in [2.75, 3.05) is 31.1 Å². The van der Waals surface area contributed by atoms with Crippen molar-refractivity contribution < 1.29 is 9.90 Å². The van der Waals surface area contributed by atoms with Crippen molar-refractivity contribution in [2.24, 2.45) is 0 Å². The predicted molar refractivity (Wildman–Crippen MR) is 80.0 cm³/mol. The number of nitrogens with zero attached hydrogens (tertiary/aromatic N) is 2. The van der Waals surface area contributed by atoms with Crippen LogP contribution in [-0.4, -0.2) is 48.2 Å². The fourth-order valence-electron chi connectivity index (χ4n) is 2.38. The molecule has 0 amide bonds. The van der Waals surface area contributed by atoms with E-state index in [9.17, 15) is 4.79 Å². The summed E-state index contributed by atoms with van der Waals surface area (Å²) in [5.74, 6) is -0.892. The molecule has 4 nitrogen and oxygen atoms in total. The normalized spacial score (nSPS) is 16.9. The van der Waals surface area contributed by atoms with Crippen LogP contribution in [0.1, 0.15) is 24.2 Å². The summed E-state index contributed by atoms with van der Waals surface area (Å²) in [6.07, 6.45) is 0. The molecule has 1 aromatic rings. The van der Waals surface area contributed by atoms with Crippen molar-refractivity contribution in [3.63, 3.8) is 0 Å². The van der Waals surface area contributed by atoms with Crippen LogP contribution in [0.2, 0.25) is 0 Å². The van der Waals surface area contributed by atoms with E-state index in [4.69, 9.17) is 5.11 Å². The van der Waals surface area contributed by atoms with Gasteiger partial charge in [0.25, 0.3) is 0 Å². The highest BCUT2D eigenvalue weighted by molar-refractivity contribution is 9.10. The predicted octanol–water partition coefficient (Wildman–Crippen LogP) is 2.68. The quantitative estimate of drug-likeness (QED) is 0.927. The molecule has 0 bridgehead atoms. The first-order chi connectivity index (χ1) is 8.99. The average Bonchev–Trinajstić information content (AvgIpc) is 2.38. The molecule has 5 heteroatoms. The fourth-order valence-corrected chi connectivity index (χ4v) is 3.01. The zero-order valence-electron chi connectivity index (χ0n) is 11.3. The summed E-state index contributed by atoms with van der Waals surface area (Å²) in [6, 6.07) is 5.81. The molecule has 0 aromatic heterocycles. The van der Waals surface area contributed by atoms with Crippen molar-refractivity contribution >= 4 is 27.6 Å². The molecule has 0 atom stereocenters. The zero-order chi connectivity index (χ0) is 14.0. The molecule has 2 rings (SSSR count). The van der Waals surface area contributed by atoms with Crippen molar-refractivity contribution in [2.45, 2.75) is 19.9 Å². The van der Waals surface area contributed by atoms with E-state index in [0.29, 0.717) is 11.6 Å². The van der Waals surface area contributed by atoms with Crippen LogP contribution in [0.5, 0.6) is 0 Å². The first-order valence-electron chi connectivity index (χ1n) is 6.51. The summed E-state index contributed by atoms with van der Waals surface area (Å²) >= 11 is 3.48. The largest absolute Gasteiger partial charge is 0.478 e. The Morgan fingerprint density at radius 3 is 2.37 bits per heavy atom. The van der Waals surface area contributed by atoms with E-state index < -0.39 is 5.97 Å². The second kappa shape index (κ2) is 5.92. The van der Waals surface area contributed by atoms with Crippen LogP contribution in [-0.2, 0) is 0 Å². The first kappa shape index (κ1) is 14.3. The third-order valence-electron chi connectivity index (χ3n) is 3.58. The van der Waals surface area contributed by atoms with Crippen LogP contribution in [0, 0.1) is 0 Å². The number of halogens is 1. The van der Waals surface area contributed by atoms with Gasteiger partial charge in [0, 0.05) is 36.7 Å². The Kier molecular flexibility index (Phi) is 4.47. The molecule has 1 aliphatic rings. The highest BCUT2D eigenvalue weighted by Crippen LogP contribution is 2.28. The van der Waals surface area contributed by atoms with Gasteiger partial charge in [0.05, 0.1) is 11.3 Å². The van der Waals surface area contributed by atoms with Crippen molar-refractivity contribution in [1.29, 1.82) is 0 Å². The molecule has 0 radical (unpaired) electrons. The van der Waals surface area contributed by atoms with E-state index in [-0.39, 0.29) is 0 Å². The van der Waals surface area contributed by atoms with Crippen LogP contribution in [0.4, 0.5) is 5.69 Å². The number of hydrogen-bond donors (Lipinski definition) is 1. The summed E-state index contributed by atoms with van der Waals surface area (Å²) in [4.78, 5) is 15.7. The van der Waals surface area contributed by atoms with Gasteiger partial charge in [-0.25, -0.2) is 4.79 Å². The van der Waals surface area contributed by atoms with Crippen molar-refractivity contribution in [1.82, 2.24) is 4.90 Å². The van der Waals surface area contributed by atoms with Crippen LogP contribution in [0.25, 0.3) is 0 Å². The topological polar surface area (TPSA) is 43.8 Å². The van der Waals surface area contributed by atoms with Crippen molar-refractivity contribution in [3.8, 4) is 0 Å². The highest BCUT2D eigenvalue weighted by Gasteiger charge is 2.20. The summed E-state index contributed by atoms with van der Waals surface area (Å²) in [5.41, 5.74) is 1.39. The molecule has 0 spiro atoms. The van der Waals surface area contributed by atoms with Crippen molar-refractivity contribution in [3.05, 3.63) is 28.2 Å². The highest BCUT2D eigenvalue weighted by atomic mass is 79.9. The van der Waals surface area contributed by atoms with Gasteiger partial charge in [-0.15, -0.1) is 0 Å². The van der Waals surface area contributed by atoms with Crippen LogP contribution in [0.15, 0.2) is 22.7 Å². The molecule has 0 unspecified atom stereocenters. The Bertz CT molecular complexity index is 469. The van der Waals surface area contributed by atoms with Gasteiger partial charge in [-0.1, -0.05) is 0 Å². The maximum atomic E-state index is 10.9. The molecular formula is C14H19BrN2O2. The standard InChI is InChI=1S/C14H19BrN2O2/c1-10(2)16-5-7-17(8-6-16)13-4-3-11(14(18)19)9-12(13)15/h3-4,9-10H,5-8H2,1-2H3,(H,18,19). The third kappa shape index (κ3) is 3.28. The van der Waals surface area contributed by atoms with E-state index in [1.54, 1.807) is 12.1 Å². The number of carboxylic acid groups (broad SMARTS) is 1. The van der Waals surface area contributed by atoms with E-state index >= 15 is 0 Å². The van der Waals surface area contributed by atoms with Gasteiger partial charge in [0.1, 0.15) is 0 Å². The SMILES string of the molecule is CC(C)N1CCN(c2ccc(C(=O)O)cc2Br)CC1. The van der Waals surface area contributed by atoms with Gasteiger partial charge in [-0.3, -0.25) is 4.90 Å². The Morgan fingerprint density at radius 1 is 1.26 bits per heavy atom. The molecule has 1 fully saturated rings. The Morgan fingerprint density at radius 2 is 1.89 bits per heavy atom. The van der Waals surface area contributed by atoms with Gasteiger partial charge in [0.15, 0.2) is 0 Å². The summed E-state index contributed by atoms with van der Waals surface area (Å²) < 4.78 is 0.852. The number of carbonyl (C=O) groups is 1. The smallest absolute Gasteiger partial charge is 0.335 e. The molecule has 104 valence electrons. The molecule has 1 heterocycles. The molecule has 0 saturated carbocycles. The van der Waals surface area contributed by atoms with Crippen LogP contribution in [0.3, 0.4) is 0 Å². The first-order valence-corrected chi connectivity index (χ1v) is 7.30. The van der Waals surface area contributed by atoms with Gasteiger partial charge < -0.3 is 10.0 Å². The minimum absolute atomic E-state index is 0.316. The number of aromatic carboxylic acids is 1. The summed E-state index contributed by atoms with van der Waals surface area (Å²) in [7, 11) is 0. The lowest BCUT2D eigenvalue weighted by Gasteiger charge is -2.38. The summed E-state index contributed by atoms with van der Waals surface area (Å²) in [5, 5.41) is 8.97. The Labute approximate surface area is 122 Å². The lowest BCUT2D eigenvalue weighted by Crippen LogP contribution is -2.49.